The van der Waals surface area contributed by atoms with Gasteiger partial charge in [0.25, 0.3) is 0 Å². The fourth-order valence-electron chi connectivity index (χ4n) is 1.88. The molecule has 2 aromatic rings. The third-order valence-electron chi connectivity index (χ3n) is 3.01. The molecule has 0 aliphatic heterocycles. The number of hydrogen-bond donors (Lipinski definition) is 2. The van der Waals surface area contributed by atoms with Gasteiger partial charge in [0.2, 0.25) is 0 Å². The van der Waals surface area contributed by atoms with E-state index in [1.165, 1.54) is 25.5 Å². The van der Waals surface area contributed by atoms with Crippen molar-refractivity contribution in [1.29, 1.82) is 0 Å². The van der Waals surface area contributed by atoms with Gasteiger partial charge < -0.3 is 15.2 Å². The number of benzene rings is 2. The summed E-state index contributed by atoms with van der Waals surface area (Å²) in [6.45, 7) is -0.0341. The standard InChI is InChI=1S/C16H15ClFN3O2S/c1-22-14-6-5-10(8-20-21-16(19)24)7-15(14)23-9-11-12(17)3-2-4-13(11)18/h2-8H,9H2,1H3,(H3,19,21,24). The number of nitrogens with one attached hydrogen (secondary N) is 1. The molecule has 0 bridgehead atoms. The number of halogens is 2. The first-order valence-corrected chi connectivity index (χ1v) is 7.62. The van der Waals surface area contributed by atoms with E-state index in [9.17, 15) is 4.39 Å². The zero-order valence-corrected chi connectivity index (χ0v) is 14.3. The lowest BCUT2D eigenvalue weighted by Gasteiger charge is -2.12. The van der Waals surface area contributed by atoms with Crippen LogP contribution in [0, 0.1) is 5.82 Å². The van der Waals surface area contributed by atoms with Crippen molar-refractivity contribution >= 4 is 35.1 Å². The van der Waals surface area contributed by atoms with Crippen molar-refractivity contribution in [1.82, 2.24) is 5.43 Å². The molecule has 2 aromatic carbocycles. The molecule has 0 radical (unpaired) electrons. The second kappa shape index (κ2) is 8.47. The average molecular weight is 368 g/mol. The van der Waals surface area contributed by atoms with Crippen molar-refractivity contribution in [2.24, 2.45) is 10.8 Å². The Labute approximate surface area is 149 Å². The SMILES string of the molecule is COc1ccc(C=NNC(N)=S)cc1OCc1c(F)cccc1Cl. The van der Waals surface area contributed by atoms with Crippen LogP contribution in [0.15, 0.2) is 41.5 Å². The van der Waals surface area contributed by atoms with E-state index in [1.54, 1.807) is 24.3 Å². The highest BCUT2D eigenvalue weighted by atomic mass is 35.5. The lowest BCUT2D eigenvalue weighted by molar-refractivity contribution is 0.280. The number of rotatable bonds is 6. The van der Waals surface area contributed by atoms with E-state index in [0.717, 1.165) is 0 Å². The largest absolute Gasteiger partial charge is 0.493 e. The number of thiocarbonyl (C=S) groups is 1. The van der Waals surface area contributed by atoms with Gasteiger partial charge in [0.1, 0.15) is 12.4 Å². The van der Waals surface area contributed by atoms with Gasteiger partial charge in [-0.25, -0.2) is 4.39 Å². The van der Waals surface area contributed by atoms with E-state index in [-0.39, 0.29) is 17.3 Å². The molecule has 5 nitrogen and oxygen atoms in total. The summed E-state index contributed by atoms with van der Waals surface area (Å²) >= 11 is 10.7. The van der Waals surface area contributed by atoms with Gasteiger partial charge in [-0.15, -0.1) is 0 Å². The average Bonchev–Trinajstić information content (AvgIpc) is 2.54. The first-order valence-electron chi connectivity index (χ1n) is 6.83. The summed E-state index contributed by atoms with van der Waals surface area (Å²) in [6.07, 6.45) is 1.52. The Morgan fingerprint density at radius 2 is 2.17 bits per heavy atom. The van der Waals surface area contributed by atoms with Gasteiger partial charge in [0.15, 0.2) is 16.6 Å². The van der Waals surface area contributed by atoms with Crippen molar-refractivity contribution < 1.29 is 13.9 Å². The number of methoxy groups -OCH3 is 1. The Morgan fingerprint density at radius 1 is 1.38 bits per heavy atom. The van der Waals surface area contributed by atoms with Crippen LogP contribution in [-0.2, 0) is 6.61 Å². The predicted octanol–water partition coefficient (Wildman–Crippen LogP) is 3.23. The van der Waals surface area contributed by atoms with Crippen molar-refractivity contribution in [2.75, 3.05) is 7.11 Å². The maximum atomic E-state index is 13.8. The molecule has 0 unspecified atom stereocenters. The van der Waals surface area contributed by atoms with Gasteiger partial charge >= 0.3 is 0 Å². The highest BCUT2D eigenvalue weighted by Crippen LogP contribution is 2.29. The van der Waals surface area contributed by atoms with Gasteiger partial charge in [-0.1, -0.05) is 17.7 Å². The van der Waals surface area contributed by atoms with E-state index in [1.807, 2.05) is 0 Å². The van der Waals surface area contributed by atoms with Crippen molar-refractivity contribution in [2.45, 2.75) is 6.61 Å². The molecule has 126 valence electrons. The Bertz CT molecular complexity index is 751. The van der Waals surface area contributed by atoms with Crippen LogP contribution in [-0.4, -0.2) is 18.4 Å². The molecular weight excluding hydrogens is 353 g/mol. The van der Waals surface area contributed by atoms with E-state index in [2.05, 4.69) is 22.7 Å². The molecule has 0 saturated carbocycles. The van der Waals surface area contributed by atoms with Gasteiger partial charge in [-0.05, 0) is 48.1 Å². The smallest absolute Gasteiger partial charge is 0.184 e. The maximum Gasteiger partial charge on any atom is 0.184 e. The summed E-state index contributed by atoms with van der Waals surface area (Å²) in [5, 5.41) is 4.22. The van der Waals surface area contributed by atoms with E-state index < -0.39 is 5.82 Å². The number of nitrogens with two attached hydrogens (primary N) is 1. The Hall–Kier alpha value is -2.38. The van der Waals surface area contributed by atoms with Gasteiger partial charge in [-0.3, -0.25) is 5.43 Å². The topological polar surface area (TPSA) is 68.9 Å². The minimum atomic E-state index is -0.431. The fourth-order valence-corrected chi connectivity index (χ4v) is 2.15. The Morgan fingerprint density at radius 3 is 2.83 bits per heavy atom. The first kappa shape index (κ1) is 18.0. The molecule has 2 rings (SSSR count). The highest BCUT2D eigenvalue weighted by molar-refractivity contribution is 7.80. The van der Waals surface area contributed by atoms with Gasteiger partial charge in [0, 0.05) is 5.56 Å². The number of hydrogen-bond acceptors (Lipinski definition) is 4. The summed E-state index contributed by atoms with van der Waals surface area (Å²) in [4.78, 5) is 0. The van der Waals surface area contributed by atoms with Gasteiger partial charge in [0.05, 0.1) is 18.3 Å². The molecule has 0 atom stereocenters. The van der Waals surface area contributed by atoms with E-state index in [0.29, 0.717) is 22.1 Å². The third kappa shape index (κ3) is 4.81. The summed E-state index contributed by atoms with van der Waals surface area (Å²) in [6, 6.07) is 9.64. The lowest BCUT2D eigenvalue weighted by Crippen LogP contribution is -2.23. The zero-order valence-electron chi connectivity index (χ0n) is 12.8. The van der Waals surface area contributed by atoms with E-state index >= 15 is 0 Å². The number of ether oxygens (including phenoxy) is 2. The molecule has 3 N–H and O–H groups in total. The molecule has 0 aliphatic carbocycles. The molecule has 0 amide bonds. The third-order valence-corrected chi connectivity index (χ3v) is 3.46. The van der Waals surface area contributed by atoms with Gasteiger partial charge in [-0.2, -0.15) is 5.10 Å². The minimum absolute atomic E-state index is 0.0341. The maximum absolute atomic E-state index is 13.8. The Kier molecular flexibility index (Phi) is 6.34. The molecule has 0 spiro atoms. The predicted molar refractivity (Wildman–Crippen MR) is 96.3 cm³/mol. The van der Waals surface area contributed by atoms with Crippen LogP contribution in [0.2, 0.25) is 5.02 Å². The summed E-state index contributed by atoms with van der Waals surface area (Å²) in [5.41, 5.74) is 8.73. The molecule has 24 heavy (non-hydrogen) atoms. The zero-order chi connectivity index (χ0) is 17.5. The Balaban J connectivity index is 2.18. The monoisotopic (exact) mass is 367 g/mol. The van der Waals surface area contributed by atoms with Crippen LogP contribution in [0.25, 0.3) is 0 Å². The van der Waals surface area contributed by atoms with Crippen molar-refractivity contribution in [3.63, 3.8) is 0 Å². The highest BCUT2D eigenvalue weighted by Gasteiger charge is 2.10. The lowest BCUT2D eigenvalue weighted by atomic mass is 10.2. The molecule has 0 fully saturated rings. The normalized spacial score (nSPS) is 10.6. The summed E-state index contributed by atoms with van der Waals surface area (Å²) in [7, 11) is 1.51. The quantitative estimate of drug-likeness (QED) is 0.466. The second-order valence-electron chi connectivity index (χ2n) is 4.63. The van der Waals surface area contributed by atoms with Crippen LogP contribution in [0.5, 0.6) is 11.5 Å². The van der Waals surface area contributed by atoms with Crippen LogP contribution in [0.1, 0.15) is 11.1 Å². The fraction of sp³-hybridized carbons (Fsp3) is 0.125. The molecular formula is C16H15ClFN3O2S. The molecule has 0 aliphatic rings. The van der Waals surface area contributed by atoms with Crippen LogP contribution < -0.4 is 20.6 Å². The summed E-state index contributed by atoms with van der Waals surface area (Å²) < 4.78 is 24.7. The summed E-state index contributed by atoms with van der Waals surface area (Å²) in [5.74, 6) is 0.498. The van der Waals surface area contributed by atoms with Crippen molar-refractivity contribution in [3.8, 4) is 11.5 Å². The molecule has 8 heteroatoms. The van der Waals surface area contributed by atoms with Crippen LogP contribution >= 0.6 is 23.8 Å². The minimum Gasteiger partial charge on any atom is -0.493 e. The molecule has 0 saturated heterocycles. The van der Waals surface area contributed by atoms with Crippen LogP contribution in [0.4, 0.5) is 4.39 Å². The first-order chi connectivity index (χ1) is 11.5. The van der Waals surface area contributed by atoms with E-state index in [4.69, 9.17) is 26.8 Å². The van der Waals surface area contributed by atoms with Crippen molar-refractivity contribution in [3.05, 3.63) is 58.4 Å². The number of nitrogens with zero attached hydrogens (tertiary/aromatic N) is 1. The molecule has 0 aromatic heterocycles. The second-order valence-corrected chi connectivity index (χ2v) is 5.48. The number of hydrazone groups is 1. The molecule has 0 heterocycles. The van der Waals surface area contributed by atoms with Crippen LogP contribution in [0.3, 0.4) is 0 Å².